The molecule has 0 fully saturated rings. The summed E-state index contributed by atoms with van der Waals surface area (Å²) in [6.07, 6.45) is 0. The van der Waals surface area contributed by atoms with Crippen molar-refractivity contribution < 1.29 is 10.2 Å². The maximum absolute atomic E-state index is 9.38. The van der Waals surface area contributed by atoms with Crippen molar-refractivity contribution in [2.75, 3.05) is 0 Å². The molecular weight excluding hydrogens is 294 g/mol. The molecule has 0 aliphatic rings. The quantitative estimate of drug-likeness (QED) is 0.761. The molecule has 2 aromatic rings. The molecule has 94 valence electrons. The van der Waals surface area contributed by atoms with Crippen LogP contribution in [0.2, 0.25) is 0 Å². The highest BCUT2D eigenvalue weighted by atomic mass is 79.9. The molecule has 4 heteroatoms. The summed E-state index contributed by atoms with van der Waals surface area (Å²) in [5.74, 6) is -0.181. The van der Waals surface area contributed by atoms with Gasteiger partial charge in [0, 0.05) is 17.6 Å². The Hall–Kier alpha value is -1.52. The molecule has 0 saturated heterocycles. The van der Waals surface area contributed by atoms with Gasteiger partial charge in [0.25, 0.3) is 0 Å². The van der Waals surface area contributed by atoms with Crippen LogP contribution in [0.1, 0.15) is 11.1 Å². The van der Waals surface area contributed by atoms with Crippen molar-refractivity contribution in [3.63, 3.8) is 0 Å². The summed E-state index contributed by atoms with van der Waals surface area (Å²) in [5, 5.41) is 21.9. The Morgan fingerprint density at radius 3 is 2.44 bits per heavy atom. The fourth-order valence-corrected chi connectivity index (χ4v) is 2.09. The van der Waals surface area contributed by atoms with E-state index in [1.807, 2.05) is 24.3 Å². The second kappa shape index (κ2) is 5.89. The van der Waals surface area contributed by atoms with Gasteiger partial charge >= 0.3 is 0 Å². The van der Waals surface area contributed by atoms with Crippen molar-refractivity contribution >= 4 is 15.9 Å². The normalized spacial score (nSPS) is 10.5. The number of hydrogen-bond acceptors (Lipinski definition) is 3. The number of rotatable bonds is 4. The standard InChI is InChI=1S/C14H14BrNO2/c15-12-4-2-1-3-11(12)9-16-8-10-5-6-13(17)14(18)7-10/h1-7,16-18H,8-9H2. The van der Waals surface area contributed by atoms with Crippen LogP contribution in [0, 0.1) is 0 Å². The Balaban J connectivity index is 1.92. The SMILES string of the molecule is Oc1ccc(CNCc2ccccc2Br)cc1O. The third kappa shape index (κ3) is 3.24. The molecule has 0 saturated carbocycles. The van der Waals surface area contributed by atoms with Crippen molar-refractivity contribution in [3.05, 3.63) is 58.1 Å². The first-order valence-corrected chi connectivity index (χ1v) is 6.41. The lowest BCUT2D eigenvalue weighted by molar-refractivity contribution is 0.403. The smallest absolute Gasteiger partial charge is 0.157 e. The predicted octanol–water partition coefficient (Wildman–Crippen LogP) is 3.15. The molecule has 0 radical (unpaired) electrons. The van der Waals surface area contributed by atoms with E-state index < -0.39 is 0 Å². The number of benzene rings is 2. The third-order valence-electron chi connectivity index (χ3n) is 2.64. The van der Waals surface area contributed by atoms with E-state index in [1.165, 1.54) is 11.6 Å². The van der Waals surface area contributed by atoms with E-state index in [0.29, 0.717) is 6.54 Å². The number of aromatic hydroxyl groups is 2. The van der Waals surface area contributed by atoms with Crippen LogP contribution in [0.15, 0.2) is 46.9 Å². The van der Waals surface area contributed by atoms with Crippen LogP contribution in [-0.2, 0) is 13.1 Å². The fraction of sp³-hybridized carbons (Fsp3) is 0.143. The Kier molecular flexibility index (Phi) is 4.23. The molecule has 0 spiro atoms. The molecule has 0 heterocycles. The van der Waals surface area contributed by atoms with Crippen LogP contribution in [0.4, 0.5) is 0 Å². The van der Waals surface area contributed by atoms with Crippen molar-refractivity contribution in [3.8, 4) is 11.5 Å². The largest absolute Gasteiger partial charge is 0.504 e. The summed E-state index contributed by atoms with van der Waals surface area (Å²) in [5.41, 5.74) is 2.11. The third-order valence-corrected chi connectivity index (χ3v) is 3.42. The van der Waals surface area contributed by atoms with Crippen molar-refractivity contribution in [1.29, 1.82) is 0 Å². The zero-order chi connectivity index (χ0) is 13.0. The van der Waals surface area contributed by atoms with E-state index in [-0.39, 0.29) is 11.5 Å². The minimum atomic E-state index is -0.0930. The van der Waals surface area contributed by atoms with Crippen molar-refractivity contribution in [2.45, 2.75) is 13.1 Å². The molecule has 18 heavy (non-hydrogen) atoms. The lowest BCUT2D eigenvalue weighted by Gasteiger charge is -2.07. The molecule has 0 atom stereocenters. The molecule has 2 rings (SSSR count). The molecule has 0 aromatic heterocycles. The van der Waals surface area contributed by atoms with E-state index >= 15 is 0 Å². The van der Waals surface area contributed by atoms with Gasteiger partial charge in [-0.05, 0) is 29.3 Å². The summed E-state index contributed by atoms with van der Waals surface area (Å²) >= 11 is 3.49. The summed E-state index contributed by atoms with van der Waals surface area (Å²) in [4.78, 5) is 0. The van der Waals surface area contributed by atoms with Gasteiger partial charge in [-0.25, -0.2) is 0 Å². The highest BCUT2D eigenvalue weighted by Crippen LogP contribution is 2.24. The molecule has 0 amide bonds. The number of nitrogens with one attached hydrogen (secondary N) is 1. The second-order valence-corrected chi connectivity index (χ2v) is 4.87. The molecule has 0 aliphatic heterocycles. The first-order chi connectivity index (χ1) is 8.66. The van der Waals surface area contributed by atoms with Crippen LogP contribution < -0.4 is 5.32 Å². The van der Waals surface area contributed by atoms with Gasteiger partial charge in [0.05, 0.1) is 0 Å². The molecular formula is C14H14BrNO2. The average Bonchev–Trinajstić information content (AvgIpc) is 2.36. The van der Waals surface area contributed by atoms with Crippen LogP contribution in [0.25, 0.3) is 0 Å². The molecule has 0 aliphatic carbocycles. The van der Waals surface area contributed by atoms with Gasteiger partial charge in [0.1, 0.15) is 0 Å². The summed E-state index contributed by atoms with van der Waals surface area (Å²) < 4.78 is 1.08. The number of phenols is 2. The van der Waals surface area contributed by atoms with Gasteiger partial charge in [-0.15, -0.1) is 0 Å². The fourth-order valence-electron chi connectivity index (χ4n) is 1.66. The van der Waals surface area contributed by atoms with E-state index in [9.17, 15) is 10.2 Å². The zero-order valence-electron chi connectivity index (χ0n) is 9.73. The van der Waals surface area contributed by atoms with Gasteiger partial charge in [0.2, 0.25) is 0 Å². The van der Waals surface area contributed by atoms with Crippen molar-refractivity contribution in [1.82, 2.24) is 5.32 Å². The van der Waals surface area contributed by atoms with Gasteiger partial charge in [0.15, 0.2) is 11.5 Å². The Morgan fingerprint density at radius 1 is 0.944 bits per heavy atom. The molecule has 3 nitrogen and oxygen atoms in total. The first kappa shape index (κ1) is 12.9. The van der Waals surface area contributed by atoms with E-state index in [1.54, 1.807) is 12.1 Å². The Labute approximate surface area is 114 Å². The van der Waals surface area contributed by atoms with Gasteiger partial charge in [-0.2, -0.15) is 0 Å². The van der Waals surface area contributed by atoms with E-state index in [4.69, 9.17) is 0 Å². The maximum Gasteiger partial charge on any atom is 0.157 e. The lowest BCUT2D eigenvalue weighted by atomic mass is 10.2. The monoisotopic (exact) mass is 307 g/mol. The van der Waals surface area contributed by atoms with Crippen LogP contribution >= 0.6 is 15.9 Å². The van der Waals surface area contributed by atoms with Crippen LogP contribution in [0.5, 0.6) is 11.5 Å². The van der Waals surface area contributed by atoms with E-state index in [2.05, 4.69) is 21.2 Å². The van der Waals surface area contributed by atoms with Gasteiger partial charge < -0.3 is 15.5 Å². The van der Waals surface area contributed by atoms with Crippen LogP contribution in [-0.4, -0.2) is 10.2 Å². The first-order valence-electron chi connectivity index (χ1n) is 5.62. The predicted molar refractivity (Wildman–Crippen MR) is 74.5 cm³/mol. The van der Waals surface area contributed by atoms with Gasteiger partial charge in [-0.1, -0.05) is 40.2 Å². The molecule has 0 bridgehead atoms. The highest BCUT2D eigenvalue weighted by molar-refractivity contribution is 9.10. The summed E-state index contributed by atoms with van der Waals surface area (Å²) in [6, 6.07) is 12.9. The average molecular weight is 308 g/mol. The Morgan fingerprint density at radius 2 is 1.72 bits per heavy atom. The summed E-state index contributed by atoms with van der Waals surface area (Å²) in [6.45, 7) is 1.37. The topological polar surface area (TPSA) is 52.5 Å². The van der Waals surface area contributed by atoms with Gasteiger partial charge in [-0.3, -0.25) is 0 Å². The van der Waals surface area contributed by atoms with Crippen molar-refractivity contribution in [2.24, 2.45) is 0 Å². The zero-order valence-corrected chi connectivity index (χ0v) is 11.3. The van der Waals surface area contributed by atoms with Crippen LogP contribution in [0.3, 0.4) is 0 Å². The maximum atomic E-state index is 9.38. The summed E-state index contributed by atoms with van der Waals surface area (Å²) in [7, 11) is 0. The lowest BCUT2D eigenvalue weighted by Crippen LogP contribution is -2.12. The number of hydrogen-bond donors (Lipinski definition) is 3. The molecule has 3 N–H and O–H groups in total. The van der Waals surface area contributed by atoms with E-state index in [0.717, 1.165) is 16.6 Å². The Bertz CT molecular complexity index is 543. The second-order valence-electron chi connectivity index (χ2n) is 4.02. The minimum Gasteiger partial charge on any atom is -0.504 e. The minimum absolute atomic E-state index is 0.0878. The molecule has 2 aromatic carbocycles. The number of phenolic OH excluding ortho intramolecular Hbond substituents is 2. The molecule has 0 unspecified atom stereocenters. The highest BCUT2D eigenvalue weighted by Gasteiger charge is 2.01. The number of halogens is 1.